The minimum absolute atomic E-state index is 0.0117. The molecule has 10 nitrogen and oxygen atoms in total. The highest BCUT2D eigenvalue weighted by Crippen LogP contribution is 2.34. The van der Waals surface area contributed by atoms with Crippen LogP contribution in [0.15, 0.2) is 29.4 Å². The number of rotatable bonds is 10. The van der Waals surface area contributed by atoms with E-state index in [0.717, 1.165) is 16.9 Å². The number of carbonyl (C=O) groups is 3. The summed E-state index contributed by atoms with van der Waals surface area (Å²) in [4.78, 5) is 37.4. The number of amides is 2. The predicted octanol–water partition coefficient (Wildman–Crippen LogP) is 3.74. The molecular formula is C23H27N5O5S2. The van der Waals surface area contributed by atoms with Gasteiger partial charge in [-0.1, -0.05) is 23.9 Å². The lowest BCUT2D eigenvalue weighted by Gasteiger charge is -2.10. The summed E-state index contributed by atoms with van der Waals surface area (Å²) >= 11 is 2.16. The van der Waals surface area contributed by atoms with Gasteiger partial charge in [0.05, 0.1) is 29.4 Å². The van der Waals surface area contributed by atoms with E-state index >= 15 is 0 Å². The first-order valence-corrected chi connectivity index (χ1v) is 12.6. The Morgan fingerprint density at radius 1 is 1.26 bits per heavy atom. The molecule has 35 heavy (non-hydrogen) atoms. The second kappa shape index (κ2) is 11.4. The number of aromatic nitrogens is 3. The maximum Gasteiger partial charge on any atom is 0.341 e. The molecule has 0 unspecified atom stereocenters. The van der Waals surface area contributed by atoms with Crippen molar-refractivity contribution in [2.24, 2.45) is 5.73 Å². The van der Waals surface area contributed by atoms with Crippen LogP contribution in [0.1, 0.15) is 46.4 Å². The zero-order valence-corrected chi connectivity index (χ0v) is 21.7. The fourth-order valence-corrected chi connectivity index (χ4v) is 5.17. The van der Waals surface area contributed by atoms with Gasteiger partial charge in [0.25, 0.3) is 5.91 Å². The molecule has 3 rings (SSSR count). The molecule has 0 aliphatic heterocycles. The number of esters is 1. The largest absolute Gasteiger partial charge is 0.497 e. The molecule has 2 aromatic heterocycles. The first-order valence-electron chi connectivity index (χ1n) is 10.8. The number of hydrogen-bond acceptors (Lipinski definition) is 9. The van der Waals surface area contributed by atoms with Crippen molar-refractivity contribution in [3.8, 4) is 17.1 Å². The van der Waals surface area contributed by atoms with Gasteiger partial charge in [-0.05, 0) is 45.4 Å². The summed E-state index contributed by atoms with van der Waals surface area (Å²) in [7, 11) is 1.60. The first-order chi connectivity index (χ1) is 16.7. The Labute approximate surface area is 211 Å². The smallest absolute Gasteiger partial charge is 0.341 e. The second-order valence-electron chi connectivity index (χ2n) is 7.70. The van der Waals surface area contributed by atoms with Crippen molar-refractivity contribution in [1.29, 1.82) is 0 Å². The van der Waals surface area contributed by atoms with Gasteiger partial charge in [0, 0.05) is 12.1 Å². The number of thioether (sulfide) groups is 1. The summed E-state index contributed by atoms with van der Waals surface area (Å²) in [6.45, 7) is 7.59. The van der Waals surface area contributed by atoms with E-state index in [1.807, 2.05) is 35.8 Å². The van der Waals surface area contributed by atoms with Gasteiger partial charge in [0.2, 0.25) is 5.91 Å². The van der Waals surface area contributed by atoms with Crippen molar-refractivity contribution in [3.63, 3.8) is 0 Å². The highest BCUT2D eigenvalue weighted by atomic mass is 32.2. The average Bonchev–Trinajstić information content (AvgIpc) is 3.37. The van der Waals surface area contributed by atoms with Crippen LogP contribution in [-0.4, -0.2) is 51.5 Å². The monoisotopic (exact) mass is 517 g/mol. The van der Waals surface area contributed by atoms with Crippen LogP contribution < -0.4 is 15.8 Å². The van der Waals surface area contributed by atoms with Crippen molar-refractivity contribution in [2.75, 3.05) is 18.2 Å². The summed E-state index contributed by atoms with van der Waals surface area (Å²) in [5, 5.41) is 12.0. The van der Waals surface area contributed by atoms with E-state index in [2.05, 4.69) is 15.5 Å². The van der Waals surface area contributed by atoms with E-state index in [1.54, 1.807) is 27.9 Å². The standard InChI is InChI=1S/C23H27N5O5S2/c1-6-28-20(14-8-7-9-15(10-14)32-5)26-27-23(28)34-11-16(29)25-21-17(22(31)33-12(2)3)13(4)18(35-21)19(24)30/h7-10,12H,6,11H2,1-5H3,(H2,24,30)(H,25,29). The van der Waals surface area contributed by atoms with Crippen LogP contribution in [0.25, 0.3) is 11.4 Å². The Morgan fingerprint density at radius 3 is 2.63 bits per heavy atom. The first kappa shape index (κ1) is 26.2. The zero-order chi connectivity index (χ0) is 25.7. The van der Waals surface area contributed by atoms with Gasteiger partial charge in [0.1, 0.15) is 10.8 Å². The topological polar surface area (TPSA) is 138 Å². The number of thiophene rings is 1. The fraction of sp³-hybridized carbons (Fsp3) is 0.348. The Kier molecular flexibility index (Phi) is 8.52. The molecule has 0 radical (unpaired) electrons. The van der Waals surface area contributed by atoms with Gasteiger partial charge >= 0.3 is 5.97 Å². The Balaban J connectivity index is 1.78. The van der Waals surface area contributed by atoms with E-state index in [4.69, 9.17) is 15.2 Å². The lowest BCUT2D eigenvalue weighted by molar-refractivity contribution is -0.113. The van der Waals surface area contributed by atoms with Crippen molar-refractivity contribution < 1.29 is 23.9 Å². The van der Waals surface area contributed by atoms with Crippen LogP contribution in [0.3, 0.4) is 0 Å². The Morgan fingerprint density at radius 2 is 2.00 bits per heavy atom. The van der Waals surface area contributed by atoms with Crippen molar-refractivity contribution in [1.82, 2.24) is 14.8 Å². The van der Waals surface area contributed by atoms with Gasteiger partial charge in [-0.25, -0.2) is 4.79 Å². The maximum atomic E-state index is 12.8. The van der Waals surface area contributed by atoms with Gasteiger partial charge in [-0.3, -0.25) is 9.59 Å². The molecular weight excluding hydrogens is 490 g/mol. The van der Waals surface area contributed by atoms with E-state index in [9.17, 15) is 14.4 Å². The molecule has 2 amide bonds. The van der Waals surface area contributed by atoms with Gasteiger partial charge in [-0.2, -0.15) is 0 Å². The molecule has 0 saturated heterocycles. The van der Waals surface area contributed by atoms with E-state index in [1.165, 1.54) is 11.8 Å². The van der Waals surface area contributed by atoms with Crippen LogP contribution in [-0.2, 0) is 16.1 Å². The molecule has 0 aliphatic carbocycles. The van der Waals surface area contributed by atoms with Crippen LogP contribution in [0, 0.1) is 6.92 Å². The van der Waals surface area contributed by atoms with E-state index < -0.39 is 11.9 Å². The highest BCUT2D eigenvalue weighted by molar-refractivity contribution is 7.99. The third kappa shape index (κ3) is 6.01. The van der Waals surface area contributed by atoms with E-state index in [-0.39, 0.29) is 33.2 Å². The molecule has 2 heterocycles. The third-order valence-electron chi connectivity index (χ3n) is 4.86. The number of benzene rings is 1. The Hall–Kier alpha value is -3.38. The van der Waals surface area contributed by atoms with Gasteiger partial charge < -0.3 is 25.1 Å². The van der Waals surface area contributed by atoms with Crippen LogP contribution >= 0.6 is 23.1 Å². The van der Waals surface area contributed by atoms with Gasteiger partial charge in [-0.15, -0.1) is 21.5 Å². The number of primary amides is 1. The van der Waals surface area contributed by atoms with Crippen molar-refractivity contribution in [3.05, 3.63) is 40.3 Å². The Bertz CT molecular complexity index is 1250. The lowest BCUT2D eigenvalue weighted by atomic mass is 10.1. The molecule has 0 saturated carbocycles. The maximum absolute atomic E-state index is 12.8. The molecule has 0 spiro atoms. The molecule has 1 aromatic carbocycles. The predicted molar refractivity (Wildman–Crippen MR) is 135 cm³/mol. The highest BCUT2D eigenvalue weighted by Gasteiger charge is 2.26. The molecule has 0 atom stereocenters. The molecule has 186 valence electrons. The number of ether oxygens (including phenoxy) is 2. The summed E-state index contributed by atoms with van der Waals surface area (Å²) in [6.07, 6.45) is -0.364. The number of nitrogens with two attached hydrogens (primary N) is 1. The molecule has 3 aromatic rings. The normalized spacial score (nSPS) is 10.9. The quantitative estimate of drug-likeness (QED) is 0.306. The van der Waals surface area contributed by atoms with Gasteiger partial charge in [0.15, 0.2) is 11.0 Å². The zero-order valence-electron chi connectivity index (χ0n) is 20.1. The minimum Gasteiger partial charge on any atom is -0.497 e. The van der Waals surface area contributed by atoms with Crippen molar-refractivity contribution >= 4 is 45.9 Å². The summed E-state index contributed by atoms with van der Waals surface area (Å²) < 4.78 is 12.5. The number of hydrogen-bond donors (Lipinski definition) is 2. The summed E-state index contributed by atoms with van der Waals surface area (Å²) in [5.41, 5.74) is 6.80. The van der Waals surface area contributed by atoms with E-state index in [0.29, 0.717) is 28.8 Å². The number of methoxy groups -OCH3 is 1. The molecule has 3 N–H and O–H groups in total. The lowest BCUT2D eigenvalue weighted by Crippen LogP contribution is -2.18. The number of anilines is 1. The second-order valence-corrected chi connectivity index (χ2v) is 9.66. The van der Waals surface area contributed by atoms with Crippen LogP contribution in [0.2, 0.25) is 0 Å². The number of nitrogens with one attached hydrogen (secondary N) is 1. The third-order valence-corrected chi connectivity index (χ3v) is 7.05. The van der Waals surface area contributed by atoms with Crippen LogP contribution in [0.5, 0.6) is 5.75 Å². The summed E-state index contributed by atoms with van der Waals surface area (Å²) in [5.74, 6) is -0.305. The summed E-state index contributed by atoms with van der Waals surface area (Å²) in [6, 6.07) is 7.49. The molecule has 12 heteroatoms. The number of carbonyl (C=O) groups excluding carboxylic acids is 3. The molecule has 0 aliphatic rings. The molecule has 0 fully saturated rings. The van der Waals surface area contributed by atoms with Crippen molar-refractivity contribution in [2.45, 2.75) is 45.5 Å². The SMILES string of the molecule is CCn1c(SCC(=O)Nc2sc(C(N)=O)c(C)c2C(=O)OC(C)C)nnc1-c1cccc(OC)c1. The average molecular weight is 518 g/mol. The minimum atomic E-state index is -0.679. The number of nitrogens with zero attached hydrogens (tertiary/aromatic N) is 3. The fourth-order valence-electron chi connectivity index (χ4n) is 3.30. The molecule has 0 bridgehead atoms. The van der Waals surface area contributed by atoms with Crippen LogP contribution in [0.4, 0.5) is 5.00 Å².